The molecule has 1 heterocycles. The van der Waals surface area contributed by atoms with Gasteiger partial charge in [0.2, 0.25) is 0 Å². The molecular weight excluding hydrogens is 210 g/mol. The van der Waals surface area contributed by atoms with Crippen LogP contribution in [0.15, 0.2) is 18.2 Å². The number of benzene rings is 1. The Hall–Kier alpha value is -1.82. The number of hydrogen-bond donors (Lipinski definition) is 1. The zero-order valence-electron chi connectivity index (χ0n) is 10.5. The quantitative estimate of drug-likeness (QED) is 0.875. The lowest BCUT2D eigenvalue weighted by atomic mass is 9.90. The highest BCUT2D eigenvalue weighted by Gasteiger charge is 2.13. The fraction of sp³-hybridized carbons (Fsp3) is 0.429. The third-order valence-corrected chi connectivity index (χ3v) is 3.09. The number of nitrogens with zero attached hydrogens (tertiary/aromatic N) is 2. The van der Waals surface area contributed by atoms with Gasteiger partial charge < -0.3 is 4.98 Å². The van der Waals surface area contributed by atoms with Crippen LogP contribution in [-0.2, 0) is 6.42 Å². The number of imidazole rings is 1. The van der Waals surface area contributed by atoms with Gasteiger partial charge in [0.05, 0.1) is 23.0 Å². The van der Waals surface area contributed by atoms with Crippen LogP contribution in [0.3, 0.4) is 0 Å². The first-order valence-electron chi connectivity index (χ1n) is 5.95. The average molecular weight is 227 g/mol. The number of hydrogen-bond acceptors (Lipinski definition) is 2. The smallest absolute Gasteiger partial charge is 0.104 e. The molecule has 0 aliphatic heterocycles. The van der Waals surface area contributed by atoms with Crippen molar-refractivity contribution in [3.8, 4) is 6.07 Å². The van der Waals surface area contributed by atoms with E-state index in [1.54, 1.807) is 0 Å². The molecule has 1 unspecified atom stereocenters. The molecule has 1 aromatic heterocycles. The van der Waals surface area contributed by atoms with Gasteiger partial charge in [0.1, 0.15) is 5.82 Å². The Labute approximate surface area is 101 Å². The molecule has 1 atom stereocenters. The number of rotatable bonds is 3. The predicted molar refractivity (Wildman–Crippen MR) is 68.5 cm³/mol. The molecule has 1 aromatic carbocycles. The third-order valence-electron chi connectivity index (χ3n) is 3.09. The fourth-order valence-electron chi connectivity index (χ4n) is 2.00. The molecule has 0 bridgehead atoms. The topological polar surface area (TPSA) is 52.5 Å². The first-order valence-corrected chi connectivity index (χ1v) is 5.95. The van der Waals surface area contributed by atoms with Crippen molar-refractivity contribution in [3.63, 3.8) is 0 Å². The molecule has 1 N–H and O–H groups in total. The van der Waals surface area contributed by atoms with Gasteiger partial charge in [-0.2, -0.15) is 5.26 Å². The normalized spacial score (nSPS) is 12.9. The van der Waals surface area contributed by atoms with Gasteiger partial charge in [-0.05, 0) is 37.0 Å². The van der Waals surface area contributed by atoms with Crippen LogP contribution < -0.4 is 0 Å². The average Bonchev–Trinajstić information content (AvgIpc) is 2.64. The largest absolute Gasteiger partial charge is 0.342 e. The van der Waals surface area contributed by atoms with Crippen LogP contribution in [0.25, 0.3) is 11.0 Å². The molecule has 0 saturated heterocycles. The maximum Gasteiger partial charge on any atom is 0.104 e. The summed E-state index contributed by atoms with van der Waals surface area (Å²) in [6.07, 6.45) is 0.808. The summed E-state index contributed by atoms with van der Waals surface area (Å²) in [5, 5.41) is 9.10. The third kappa shape index (κ3) is 2.47. The summed E-state index contributed by atoms with van der Waals surface area (Å²) in [6.45, 7) is 6.13. The van der Waals surface area contributed by atoms with Crippen LogP contribution >= 0.6 is 0 Å². The molecule has 0 amide bonds. The molecular formula is C14H17N3. The number of fused-ring (bicyclic) bond motifs is 1. The van der Waals surface area contributed by atoms with Gasteiger partial charge in [-0.15, -0.1) is 0 Å². The van der Waals surface area contributed by atoms with Crippen molar-refractivity contribution < 1.29 is 0 Å². The minimum atomic E-state index is 0.0801. The van der Waals surface area contributed by atoms with Gasteiger partial charge in [0.25, 0.3) is 0 Å². The molecule has 0 fully saturated rings. The van der Waals surface area contributed by atoms with Crippen molar-refractivity contribution in [2.45, 2.75) is 27.2 Å². The number of aromatic nitrogens is 2. The number of aryl methyl sites for hydroxylation is 1. The second-order valence-corrected chi connectivity index (χ2v) is 4.86. The van der Waals surface area contributed by atoms with Crippen molar-refractivity contribution in [1.29, 1.82) is 5.26 Å². The summed E-state index contributed by atoms with van der Waals surface area (Å²) >= 11 is 0. The molecule has 17 heavy (non-hydrogen) atoms. The van der Waals surface area contributed by atoms with Crippen LogP contribution in [0.5, 0.6) is 0 Å². The van der Waals surface area contributed by atoms with Gasteiger partial charge >= 0.3 is 0 Å². The number of nitrogens with one attached hydrogen (secondary N) is 1. The molecule has 2 aromatic rings. The number of H-pyrrole nitrogens is 1. The van der Waals surface area contributed by atoms with Crippen molar-refractivity contribution in [3.05, 3.63) is 29.6 Å². The van der Waals surface area contributed by atoms with E-state index in [-0.39, 0.29) is 5.92 Å². The van der Waals surface area contributed by atoms with Gasteiger partial charge in [-0.1, -0.05) is 19.9 Å². The zero-order valence-corrected chi connectivity index (χ0v) is 10.5. The summed E-state index contributed by atoms with van der Waals surface area (Å²) in [5.41, 5.74) is 3.24. The Morgan fingerprint density at radius 3 is 2.82 bits per heavy atom. The lowest BCUT2D eigenvalue weighted by Gasteiger charge is -2.12. The highest BCUT2D eigenvalue weighted by atomic mass is 14.9. The van der Waals surface area contributed by atoms with Gasteiger partial charge in [-0.25, -0.2) is 4.98 Å². The molecule has 0 aliphatic carbocycles. The van der Waals surface area contributed by atoms with E-state index in [2.05, 4.69) is 42.0 Å². The predicted octanol–water partition coefficient (Wildman–Crippen LogP) is 3.21. The molecule has 88 valence electrons. The zero-order chi connectivity index (χ0) is 12.4. The fourth-order valence-corrected chi connectivity index (χ4v) is 2.00. The van der Waals surface area contributed by atoms with Crippen LogP contribution in [0.4, 0.5) is 0 Å². The lowest BCUT2D eigenvalue weighted by Crippen LogP contribution is -2.09. The molecule has 3 nitrogen and oxygen atoms in total. The summed E-state index contributed by atoms with van der Waals surface area (Å²) in [4.78, 5) is 7.59. The second-order valence-electron chi connectivity index (χ2n) is 4.86. The van der Waals surface area contributed by atoms with Crippen LogP contribution in [0.1, 0.15) is 25.2 Å². The molecule has 3 heteroatoms. The van der Waals surface area contributed by atoms with Gasteiger partial charge in [0, 0.05) is 0 Å². The molecule has 0 radical (unpaired) electrons. The highest BCUT2D eigenvalue weighted by molar-refractivity contribution is 5.75. The summed E-state index contributed by atoms with van der Waals surface area (Å²) in [6, 6.07) is 8.56. The molecule has 0 aliphatic rings. The minimum absolute atomic E-state index is 0.0801. The number of aromatic amines is 1. The standard InChI is InChI=1S/C14H17N3/c1-9(2)12(8-15)6-11-4-5-13-14(7-11)17-10(3)16-13/h4-5,7,9,12H,6H2,1-3H3,(H,16,17). The maximum absolute atomic E-state index is 9.10. The maximum atomic E-state index is 9.10. The lowest BCUT2D eigenvalue weighted by molar-refractivity contribution is 0.474. The van der Waals surface area contributed by atoms with Crippen molar-refractivity contribution in [2.75, 3.05) is 0 Å². The Morgan fingerprint density at radius 2 is 2.18 bits per heavy atom. The summed E-state index contributed by atoms with van der Waals surface area (Å²) < 4.78 is 0. The van der Waals surface area contributed by atoms with E-state index in [4.69, 9.17) is 5.26 Å². The van der Waals surface area contributed by atoms with E-state index in [1.807, 2.05) is 13.0 Å². The first-order chi connectivity index (χ1) is 8.10. The Bertz CT molecular complexity index is 560. The van der Waals surface area contributed by atoms with E-state index in [9.17, 15) is 0 Å². The van der Waals surface area contributed by atoms with Crippen molar-refractivity contribution >= 4 is 11.0 Å². The first kappa shape index (κ1) is 11.7. The molecule has 0 spiro atoms. The van der Waals surface area contributed by atoms with Crippen LogP contribution in [0.2, 0.25) is 0 Å². The van der Waals surface area contributed by atoms with Gasteiger partial charge in [-0.3, -0.25) is 0 Å². The van der Waals surface area contributed by atoms with Crippen molar-refractivity contribution in [2.24, 2.45) is 11.8 Å². The van der Waals surface area contributed by atoms with E-state index < -0.39 is 0 Å². The molecule has 2 rings (SSSR count). The number of nitriles is 1. The SMILES string of the molecule is Cc1nc2ccc(CC(C#N)C(C)C)cc2[nH]1. The van der Waals surface area contributed by atoms with Gasteiger partial charge in [0.15, 0.2) is 0 Å². The summed E-state index contributed by atoms with van der Waals surface area (Å²) in [7, 11) is 0. The highest BCUT2D eigenvalue weighted by Crippen LogP contribution is 2.19. The van der Waals surface area contributed by atoms with E-state index >= 15 is 0 Å². The summed E-state index contributed by atoms with van der Waals surface area (Å²) in [5.74, 6) is 1.40. The van der Waals surface area contributed by atoms with E-state index in [0.717, 1.165) is 23.3 Å². The second kappa shape index (κ2) is 4.58. The Balaban J connectivity index is 2.27. The molecule has 0 saturated carbocycles. The van der Waals surface area contributed by atoms with E-state index in [1.165, 1.54) is 5.56 Å². The van der Waals surface area contributed by atoms with Crippen LogP contribution in [-0.4, -0.2) is 9.97 Å². The van der Waals surface area contributed by atoms with Crippen LogP contribution in [0, 0.1) is 30.1 Å². The van der Waals surface area contributed by atoms with E-state index in [0.29, 0.717) is 5.92 Å². The Kier molecular flexibility index (Phi) is 3.14. The van der Waals surface area contributed by atoms with Crippen molar-refractivity contribution in [1.82, 2.24) is 9.97 Å². The monoisotopic (exact) mass is 227 g/mol. The minimum Gasteiger partial charge on any atom is -0.342 e. The Morgan fingerprint density at radius 1 is 1.41 bits per heavy atom.